The number of nitrogens with zero attached hydrogens (tertiary/aromatic N) is 3. The fraction of sp³-hybridized carbons (Fsp3) is 0.286. The number of aromatic nitrogens is 3. The molecule has 0 fully saturated rings. The molecule has 30 heavy (non-hydrogen) atoms. The van der Waals surface area contributed by atoms with Crippen LogP contribution >= 0.6 is 35.0 Å². The Morgan fingerprint density at radius 2 is 1.97 bits per heavy atom. The first-order valence-electron chi connectivity index (χ1n) is 9.35. The van der Waals surface area contributed by atoms with Crippen LogP contribution in [-0.4, -0.2) is 40.1 Å². The minimum Gasteiger partial charge on any atom is -0.385 e. The zero-order valence-corrected chi connectivity index (χ0v) is 19.0. The lowest BCUT2D eigenvalue weighted by atomic mass is 10.2. The molecule has 0 aliphatic heterocycles. The summed E-state index contributed by atoms with van der Waals surface area (Å²) in [7, 11) is 1.66. The number of thioether (sulfide) groups is 1. The Morgan fingerprint density at radius 1 is 1.17 bits per heavy atom. The van der Waals surface area contributed by atoms with E-state index in [1.807, 2.05) is 47.9 Å². The molecule has 0 aliphatic rings. The number of halogens is 2. The molecule has 3 aromatic rings. The van der Waals surface area contributed by atoms with E-state index in [9.17, 15) is 4.79 Å². The number of amides is 1. The van der Waals surface area contributed by atoms with Crippen LogP contribution in [0.2, 0.25) is 10.0 Å². The number of nitrogens with one attached hydrogen (secondary N) is 1. The lowest BCUT2D eigenvalue weighted by Crippen LogP contribution is -2.15. The Hall–Kier alpha value is -2.06. The van der Waals surface area contributed by atoms with Crippen LogP contribution in [0, 0.1) is 6.92 Å². The van der Waals surface area contributed by atoms with Crippen LogP contribution in [0.4, 0.5) is 5.69 Å². The highest BCUT2D eigenvalue weighted by Crippen LogP contribution is 2.30. The second-order valence-electron chi connectivity index (χ2n) is 6.60. The van der Waals surface area contributed by atoms with Crippen molar-refractivity contribution < 1.29 is 9.53 Å². The van der Waals surface area contributed by atoms with E-state index in [4.69, 9.17) is 27.9 Å². The molecule has 1 aromatic heterocycles. The highest BCUT2D eigenvalue weighted by atomic mass is 35.5. The molecule has 158 valence electrons. The van der Waals surface area contributed by atoms with Gasteiger partial charge in [-0.2, -0.15) is 0 Å². The first-order valence-corrected chi connectivity index (χ1v) is 11.1. The van der Waals surface area contributed by atoms with Crippen LogP contribution in [0.1, 0.15) is 12.0 Å². The van der Waals surface area contributed by atoms with E-state index in [0.29, 0.717) is 39.9 Å². The van der Waals surface area contributed by atoms with Crippen molar-refractivity contribution in [1.82, 2.24) is 14.8 Å². The van der Waals surface area contributed by atoms with Gasteiger partial charge in [0.05, 0.1) is 21.5 Å². The van der Waals surface area contributed by atoms with Crippen LogP contribution < -0.4 is 5.32 Å². The summed E-state index contributed by atoms with van der Waals surface area (Å²) in [4.78, 5) is 12.4. The van der Waals surface area contributed by atoms with Gasteiger partial charge in [0, 0.05) is 25.8 Å². The van der Waals surface area contributed by atoms with Gasteiger partial charge in [-0.3, -0.25) is 4.79 Å². The van der Waals surface area contributed by atoms with Gasteiger partial charge in [0.15, 0.2) is 11.0 Å². The Labute approximate surface area is 189 Å². The zero-order chi connectivity index (χ0) is 21.5. The van der Waals surface area contributed by atoms with Crippen LogP contribution in [0.15, 0.2) is 47.6 Å². The molecule has 0 bridgehead atoms. The average Bonchev–Trinajstić information content (AvgIpc) is 3.12. The summed E-state index contributed by atoms with van der Waals surface area (Å²) in [5.41, 5.74) is 2.42. The van der Waals surface area contributed by atoms with Crippen molar-refractivity contribution in [3.8, 4) is 11.4 Å². The summed E-state index contributed by atoms with van der Waals surface area (Å²) in [6.07, 6.45) is 0.782. The summed E-state index contributed by atoms with van der Waals surface area (Å²) in [6.45, 7) is 3.20. The lowest BCUT2D eigenvalue weighted by Gasteiger charge is -2.11. The Balaban J connectivity index is 1.74. The normalized spacial score (nSPS) is 10.9. The van der Waals surface area contributed by atoms with Gasteiger partial charge < -0.3 is 14.6 Å². The number of benzene rings is 2. The van der Waals surface area contributed by atoms with E-state index < -0.39 is 0 Å². The van der Waals surface area contributed by atoms with Crippen molar-refractivity contribution in [3.63, 3.8) is 0 Å². The van der Waals surface area contributed by atoms with E-state index in [0.717, 1.165) is 17.5 Å². The third-order valence-corrected chi connectivity index (χ3v) is 5.90. The second-order valence-corrected chi connectivity index (χ2v) is 8.36. The van der Waals surface area contributed by atoms with E-state index >= 15 is 0 Å². The van der Waals surface area contributed by atoms with Gasteiger partial charge in [-0.05, 0) is 43.2 Å². The molecule has 0 aliphatic carbocycles. The van der Waals surface area contributed by atoms with Crippen molar-refractivity contribution in [2.24, 2.45) is 0 Å². The smallest absolute Gasteiger partial charge is 0.234 e. The molecule has 0 atom stereocenters. The molecule has 3 rings (SSSR count). The number of anilines is 1. The second kappa shape index (κ2) is 10.8. The van der Waals surface area contributed by atoms with Crippen LogP contribution in [-0.2, 0) is 16.1 Å². The molecular weight excluding hydrogens is 443 g/mol. The topological polar surface area (TPSA) is 69.0 Å². The molecule has 9 heteroatoms. The van der Waals surface area contributed by atoms with E-state index in [-0.39, 0.29) is 11.7 Å². The third-order valence-electron chi connectivity index (χ3n) is 4.29. The summed E-state index contributed by atoms with van der Waals surface area (Å²) in [5, 5.41) is 13.2. The molecule has 1 heterocycles. The minimum atomic E-state index is -0.170. The van der Waals surface area contributed by atoms with Crippen molar-refractivity contribution in [2.75, 3.05) is 24.8 Å². The molecule has 1 N–H and O–H groups in total. The van der Waals surface area contributed by atoms with Crippen molar-refractivity contribution in [3.05, 3.63) is 58.1 Å². The molecule has 2 aromatic carbocycles. The van der Waals surface area contributed by atoms with Crippen molar-refractivity contribution >= 4 is 46.6 Å². The minimum absolute atomic E-state index is 0.170. The van der Waals surface area contributed by atoms with Crippen LogP contribution in [0.25, 0.3) is 11.4 Å². The molecule has 0 saturated carbocycles. The summed E-state index contributed by atoms with van der Waals surface area (Å²) < 4.78 is 7.14. The fourth-order valence-electron chi connectivity index (χ4n) is 2.84. The predicted octanol–water partition coefficient (Wildman–Crippen LogP) is 5.33. The van der Waals surface area contributed by atoms with Gasteiger partial charge in [-0.25, -0.2) is 0 Å². The highest BCUT2D eigenvalue weighted by molar-refractivity contribution is 7.99. The zero-order valence-electron chi connectivity index (χ0n) is 16.7. The molecule has 0 radical (unpaired) electrons. The molecule has 0 saturated heterocycles. The van der Waals surface area contributed by atoms with Gasteiger partial charge in [-0.1, -0.05) is 53.2 Å². The number of methoxy groups -OCH3 is 1. The average molecular weight is 465 g/mol. The first-order chi connectivity index (χ1) is 14.5. The largest absolute Gasteiger partial charge is 0.385 e. The van der Waals surface area contributed by atoms with Crippen molar-refractivity contribution in [1.29, 1.82) is 0 Å². The van der Waals surface area contributed by atoms with Gasteiger partial charge in [-0.15, -0.1) is 10.2 Å². The quantitative estimate of drug-likeness (QED) is 0.342. The molecule has 6 nitrogen and oxygen atoms in total. The Morgan fingerprint density at radius 3 is 2.70 bits per heavy atom. The number of hydrogen-bond acceptors (Lipinski definition) is 5. The molecule has 0 unspecified atom stereocenters. The standard InChI is InChI=1S/C21H22Cl2N4O2S/c1-14-8-9-18(17(23)12-14)24-19(28)13-30-21-26-25-20(27(21)10-5-11-29-2)15-6-3-4-7-16(15)22/h3-4,6-9,12H,5,10-11,13H2,1-2H3,(H,24,28). The number of carbonyl (C=O) groups excluding carboxylic acids is 1. The lowest BCUT2D eigenvalue weighted by molar-refractivity contribution is -0.113. The number of carbonyl (C=O) groups is 1. The summed E-state index contributed by atoms with van der Waals surface area (Å²) in [6, 6.07) is 13.0. The summed E-state index contributed by atoms with van der Waals surface area (Å²) >= 11 is 13.9. The number of aryl methyl sites for hydroxylation is 1. The Bertz CT molecular complexity index is 1030. The monoisotopic (exact) mass is 464 g/mol. The molecule has 1 amide bonds. The predicted molar refractivity (Wildman–Crippen MR) is 123 cm³/mol. The van der Waals surface area contributed by atoms with E-state index in [2.05, 4.69) is 15.5 Å². The fourth-order valence-corrected chi connectivity index (χ4v) is 4.11. The van der Waals surface area contributed by atoms with Gasteiger partial charge in [0.25, 0.3) is 0 Å². The first kappa shape index (κ1) is 22.6. The maximum Gasteiger partial charge on any atom is 0.234 e. The van der Waals surface area contributed by atoms with E-state index in [1.165, 1.54) is 11.8 Å². The Kier molecular flexibility index (Phi) is 8.16. The third kappa shape index (κ3) is 5.76. The van der Waals surface area contributed by atoms with Gasteiger partial charge in [0.1, 0.15) is 0 Å². The molecule has 0 spiro atoms. The summed E-state index contributed by atoms with van der Waals surface area (Å²) in [5.74, 6) is 0.674. The van der Waals surface area contributed by atoms with Gasteiger partial charge >= 0.3 is 0 Å². The number of rotatable bonds is 9. The van der Waals surface area contributed by atoms with Crippen LogP contribution in [0.5, 0.6) is 0 Å². The van der Waals surface area contributed by atoms with Crippen molar-refractivity contribution in [2.45, 2.75) is 25.0 Å². The molecular formula is C21H22Cl2N4O2S. The maximum atomic E-state index is 12.4. The van der Waals surface area contributed by atoms with Crippen LogP contribution in [0.3, 0.4) is 0 Å². The SMILES string of the molecule is COCCCn1c(SCC(=O)Nc2ccc(C)cc2Cl)nnc1-c1ccccc1Cl. The number of hydrogen-bond donors (Lipinski definition) is 1. The number of ether oxygens (including phenoxy) is 1. The van der Waals surface area contributed by atoms with E-state index in [1.54, 1.807) is 13.2 Å². The van der Waals surface area contributed by atoms with Gasteiger partial charge in [0.2, 0.25) is 5.91 Å². The highest BCUT2D eigenvalue weighted by Gasteiger charge is 2.17. The maximum absolute atomic E-state index is 12.4.